The van der Waals surface area contributed by atoms with Crippen molar-refractivity contribution in [3.05, 3.63) is 0 Å². The summed E-state index contributed by atoms with van der Waals surface area (Å²) < 4.78 is 29.0. The van der Waals surface area contributed by atoms with Crippen molar-refractivity contribution in [2.75, 3.05) is 20.4 Å². The number of rotatable bonds is 4. The van der Waals surface area contributed by atoms with E-state index in [9.17, 15) is 8.96 Å². The van der Waals surface area contributed by atoms with E-state index < -0.39 is 8.25 Å². The minimum Gasteiger partial charge on any atom is -0.255 e. The SMILES string of the molecule is Br.CCO[P+](=O)OCC.CF. The summed E-state index contributed by atoms with van der Waals surface area (Å²) in [7, 11) is -1.33. The summed E-state index contributed by atoms with van der Waals surface area (Å²) >= 11 is 0. The lowest BCUT2D eigenvalue weighted by atomic mass is 10.9. The molecule has 0 fully saturated rings. The van der Waals surface area contributed by atoms with E-state index in [1.165, 1.54) is 0 Å². The zero-order chi connectivity index (χ0) is 8.41. The molecule has 0 rings (SSSR count). The topological polar surface area (TPSA) is 35.5 Å². The van der Waals surface area contributed by atoms with Crippen LogP contribution in [0.1, 0.15) is 13.8 Å². The number of hydrogen-bond donors (Lipinski definition) is 0. The van der Waals surface area contributed by atoms with Gasteiger partial charge in [-0.25, -0.2) is 0 Å². The van der Waals surface area contributed by atoms with Crippen LogP contribution in [0.5, 0.6) is 0 Å². The van der Waals surface area contributed by atoms with Crippen molar-refractivity contribution in [2.24, 2.45) is 0 Å². The first-order chi connectivity index (χ1) is 4.81. The maximum atomic E-state index is 10.3. The van der Waals surface area contributed by atoms with Gasteiger partial charge < -0.3 is 0 Å². The molecule has 0 amide bonds. The van der Waals surface area contributed by atoms with Crippen LogP contribution in [-0.2, 0) is 13.6 Å². The quantitative estimate of drug-likeness (QED) is 0.721. The second kappa shape index (κ2) is 16.8. The Kier molecular flexibility index (Phi) is 26.7. The van der Waals surface area contributed by atoms with Gasteiger partial charge in [-0.3, -0.25) is 4.39 Å². The number of halogens is 2. The molecule has 0 spiro atoms. The van der Waals surface area contributed by atoms with E-state index in [-0.39, 0.29) is 17.0 Å². The third kappa shape index (κ3) is 17.9. The van der Waals surface area contributed by atoms with E-state index in [1.54, 1.807) is 13.8 Å². The van der Waals surface area contributed by atoms with Crippen LogP contribution in [0.2, 0.25) is 0 Å². The lowest BCUT2D eigenvalue weighted by molar-refractivity contribution is 0.243. The van der Waals surface area contributed by atoms with Crippen LogP contribution in [0, 0.1) is 0 Å². The van der Waals surface area contributed by atoms with Crippen LogP contribution in [0.4, 0.5) is 4.39 Å². The molecule has 0 aliphatic carbocycles. The molecule has 0 aromatic heterocycles. The van der Waals surface area contributed by atoms with E-state index in [0.29, 0.717) is 20.4 Å². The highest BCUT2D eigenvalue weighted by atomic mass is 79.9. The highest BCUT2D eigenvalue weighted by Gasteiger charge is 2.15. The molecule has 0 radical (unpaired) electrons. The molecule has 6 heteroatoms. The molecule has 3 nitrogen and oxygen atoms in total. The summed E-state index contributed by atoms with van der Waals surface area (Å²) in [6.07, 6.45) is 0. The van der Waals surface area contributed by atoms with E-state index in [0.717, 1.165) is 0 Å². The van der Waals surface area contributed by atoms with Crippen molar-refractivity contribution >= 4 is 25.2 Å². The molecule has 0 unspecified atom stereocenters. The smallest absolute Gasteiger partial charge is 0.255 e. The van der Waals surface area contributed by atoms with Crippen molar-refractivity contribution in [1.29, 1.82) is 0 Å². The van der Waals surface area contributed by atoms with Crippen LogP contribution in [-0.4, -0.2) is 20.4 Å². The maximum absolute atomic E-state index is 10.3. The fraction of sp³-hybridized carbons (Fsp3) is 1.00. The maximum Gasteiger partial charge on any atom is 0.697 e. The molecule has 0 atom stereocenters. The van der Waals surface area contributed by atoms with Gasteiger partial charge in [0.15, 0.2) is 0 Å². The highest BCUT2D eigenvalue weighted by Crippen LogP contribution is 2.21. The average molecular weight is 252 g/mol. The Balaban J connectivity index is -0.000000196. The zero-order valence-electron chi connectivity index (χ0n) is 6.87. The van der Waals surface area contributed by atoms with Crippen molar-refractivity contribution in [3.8, 4) is 0 Å². The molecule has 0 heterocycles. The van der Waals surface area contributed by atoms with E-state index in [1.807, 2.05) is 0 Å². The van der Waals surface area contributed by atoms with Gasteiger partial charge in [0, 0.05) is 4.57 Å². The second-order valence-electron chi connectivity index (χ2n) is 1.06. The molecule has 70 valence electrons. The van der Waals surface area contributed by atoms with Gasteiger partial charge in [0.1, 0.15) is 13.2 Å². The van der Waals surface area contributed by atoms with Gasteiger partial charge in [0.2, 0.25) is 0 Å². The first kappa shape index (κ1) is 17.5. The lowest BCUT2D eigenvalue weighted by Gasteiger charge is -1.78. The molecule has 0 saturated carbocycles. The Labute approximate surface area is 78.0 Å². The third-order valence-electron chi connectivity index (χ3n) is 0.469. The predicted octanol–water partition coefficient (Wildman–Crippen LogP) is 2.88. The molecule has 11 heavy (non-hydrogen) atoms. The largest absolute Gasteiger partial charge is 0.697 e. The van der Waals surface area contributed by atoms with Crippen LogP contribution < -0.4 is 0 Å². The van der Waals surface area contributed by atoms with Gasteiger partial charge in [-0.2, -0.15) is 0 Å². The van der Waals surface area contributed by atoms with Gasteiger partial charge in [0.05, 0.1) is 7.18 Å². The van der Waals surface area contributed by atoms with Crippen molar-refractivity contribution in [3.63, 3.8) is 0 Å². The van der Waals surface area contributed by atoms with Gasteiger partial charge in [-0.1, -0.05) is 0 Å². The molecule has 0 N–H and O–H groups in total. The van der Waals surface area contributed by atoms with E-state index in [2.05, 4.69) is 9.05 Å². The average Bonchev–Trinajstić information content (AvgIpc) is 1.93. The van der Waals surface area contributed by atoms with Crippen molar-refractivity contribution < 1.29 is 18.0 Å². The molecule has 0 aromatic carbocycles. The van der Waals surface area contributed by atoms with Gasteiger partial charge in [-0.05, 0) is 13.8 Å². The first-order valence-corrected chi connectivity index (χ1v) is 4.01. The zero-order valence-corrected chi connectivity index (χ0v) is 9.48. The number of alkyl halides is 1. The second-order valence-corrected chi connectivity index (χ2v) is 2.02. The van der Waals surface area contributed by atoms with Crippen LogP contribution in [0.3, 0.4) is 0 Å². The predicted molar refractivity (Wildman–Crippen MR) is 48.2 cm³/mol. The van der Waals surface area contributed by atoms with Gasteiger partial charge in [-0.15, -0.1) is 26.0 Å². The molecule has 0 saturated heterocycles. The summed E-state index contributed by atoms with van der Waals surface area (Å²) in [6, 6.07) is 0. The lowest BCUT2D eigenvalue weighted by Crippen LogP contribution is -1.81. The monoisotopic (exact) mass is 251 g/mol. The minimum absolute atomic E-state index is 0. The molecule has 0 bridgehead atoms. The van der Waals surface area contributed by atoms with Gasteiger partial charge >= 0.3 is 8.25 Å². The summed E-state index contributed by atoms with van der Waals surface area (Å²) in [6.45, 7) is 4.42. The Bertz CT molecular complexity index is 76.1. The fourth-order valence-electron chi connectivity index (χ4n) is 0.248. The van der Waals surface area contributed by atoms with Crippen LogP contribution >= 0.6 is 25.2 Å². The van der Waals surface area contributed by atoms with E-state index >= 15 is 0 Å². The third-order valence-corrected chi connectivity index (χ3v) is 1.41. The van der Waals surface area contributed by atoms with Crippen LogP contribution in [0.25, 0.3) is 0 Å². The van der Waals surface area contributed by atoms with E-state index in [4.69, 9.17) is 0 Å². The summed E-state index contributed by atoms with van der Waals surface area (Å²) in [5.74, 6) is 0. The molecular weight excluding hydrogens is 238 g/mol. The Hall–Kier alpha value is 0.430. The highest BCUT2D eigenvalue weighted by molar-refractivity contribution is 8.93. The van der Waals surface area contributed by atoms with Crippen LogP contribution in [0.15, 0.2) is 0 Å². The summed E-state index contributed by atoms with van der Waals surface area (Å²) in [5.41, 5.74) is 0. The normalized spacial score (nSPS) is 7.27. The van der Waals surface area contributed by atoms with Crippen molar-refractivity contribution in [1.82, 2.24) is 0 Å². The molecule has 0 aromatic rings. The molecule has 0 aliphatic rings. The first-order valence-electron chi connectivity index (χ1n) is 2.92. The Morgan fingerprint density at radius 3 is 1.64 bits per heavy atom. The fourth-order valence-corrected chi connectivity index (χ4v) is 0.744. The molecular formula is C5H14BrFO3P+. The summed E-state index contributed by atoms with van der Waals surface area (Å²) in [5, 5.41) is 0. The Morgan fingerprint density at radius 2 is 1.45 bits per heavy atom. The summed E-state index contributed by atoms with van der Waals surface area (Å²) in [4.78, 5) is 0. The van der Waals surface area contributed by atoms with Gasteiger partial charge in [0.25, 0.3) is 0 Å². The Morgan fingerprint density at radius 1 is 1.18 bits per heavy atom. The molecule has 0 aliphatic heterocycles. The number of hydrogen-bond acceptors (Lipinski definition) is 3. The standard InChI is InChI=1S/C4H10O3P.CH3F.BrH/c1-3-6-8(5)7-4-2;1-2;/h3-4H2,1-2H3;1H3;1H/q+1;;. The minimum atomic E-state index is -1.83. The van der Waals surface area contributed by atoms with Crippen molar-refractivity contribution in [2.45, 2.75) is 13.8 Å².